The van der Waals surface area contributed by atoms with E-state index in [1.807, 2.05) is 0 Å². The van der Waals surface area contributed by atoms with E-state index in [9.17, 15) is 0 Å². The van der Waals surface area contributed by atoms with Gasteiger partial charge in [0.2, 0.25) is 0 Å². The molecule has 3 unspecified atom stereocenters. The highest BCUT2D eigenvalue weighted by Crippen LogP contribution is 2.56. The number of allylic oxidation sites excluding steroid dienone is 10. The normalized spacial score (nSPS) is 20.6. The largest absolute Gasteiger partial charge is 0.349 e. The van der Waals surface area contributed by atoms with Gasteiger partial charge in [0.15, 0.2) is 0 Å². The molecule has 3 atom stereocenters. The summed E-state index contributed by atoms with van der Waals surface area (Å²) in [7, 11) is 2.20. The molecule has 350 valence electrons. The van der Waals surface area contributed by atoms with Gasteiger partial charge in [0, 0.05) is 58.6 Å². The van der Waals surface area contributed by atoms with Crippen LogP contribution in [0.25, 0.3) is 61.0 Å². The summed E-state index contributed by atoms with van der Waals surface area (Å²) in [6.07, 6.45) is 29.3. The Labute approximate surface area is 424 Å². The fourth-order valence-electron chi connectivity index (χ4n) is 12.3. The second-order valence-electron chi connectivity index (χ2n) is 20.3. The van der Waals surface area contributed by atoms with Gasteiger partial charge in [-0.25, -0.2) is 0 Å². The monoisotopic (exact) mass is 930 g/mol. The van der Waals surface area contributed by atoms with E-state index >= 15 is 0 Å². The van der Waals surface area contributed by atoms with E-state index in [1.54, 1.807) is 0 Å². The molecule has 8 aromatic rings. The lowest BCUT2D eigenvalue weighted by molar-refractivity contribution is 0.398. The van der Waals surface area contributed by atoms with Crippen LogP contribution in [-0.2, 0) is 0 Å². The van der Waals surface area contributed by atoms with Crippen molar-refractivity contribution in [1.29, 1.82) is 0 Å². The van der Waals surface area contributed by atoms with Gasteiger partial charge in [-0.2, -0.15) is 0 Å². The van der Waals surface area contributed by atoms with Crippen LogP contribution in [0.3, 0.4) is 0 Å². The van der Waals surface area contributed by atoms with Crippen molar-refractivity contribution in [1.82, 2.24) is 9.47 Å². The van der Waals surface area contributed by atoms with Crippen LogP contribution in [0.15, 0.2) is 247 Å². The number of aromatic nitrogens is 1. The zero-order valence-electron chi connectivity index (χ0n) is 41.1. The maximum absolute atomic E-state index is 5.57. The van der Waals surface area contributed by atoms with E-state index < -0.39 is 0 Å². The van der Waals surface area contributed by atoms with Gasteiger partial charge in [-0.05, 0) is 161 Å². The summed E-state index contributed by atoms with van der Waals surface area (Å²) in [5.74, 6) is 0.333. The van der Waals surface area contributed by atoms with Crippen molar-refractivity contribution in [3.05, 3.63) is 258 Å². The van der Waals surface area contributed by atoms with Gasteiger partial charge in [0.05, 0.1) is 16.6 Å². The van der Waals surface area contributed by atoms with Gasteiger partial charge in [-0.1, -0.05) is 164 Å². The molecule has 0 spiro atoms. The number of hydrogen-bond acceptors (Lipinski definition) is 3. The Kier molecular flexibility index (Phi) is 11.1. The zero-order valence-corrected chi connectivity index (χ0v) is 41.1. The van der Waals surface area contributed by atoms with Crippen molar-refractivity contribution in [2.24, 2.45) is 4.99 Å². The summed E-state index contributed by atoms with van der Waals surface area (Å²) < 4.78 is 2.45. The highest BCUT2D eigenvalue weighted by molar-refractivity contribution is 6.10. The second kappa shape index (κ2) is 18.2. The summed E-state index contributed by atoms with van der Waals surface area (Å²) >= 11 is 0. The van der Waals surface area contributed by atoms with Crippen molar-refractivity contribution in [3.63, 3.8) is 0 Å². The van der Waals surface area contributed by atoms with Crippen molar-refractivity contribution in [2.45, 2.75) is 63.1 Å². The third kappa shape index (κ3) is 7.65. The third-order valence-corrected chi connectivity index (χ3v) is 15.9. The average molecular weight is 931 g/mol. The lowest BCUT2D eigenvalue weighted by atomic mass is 9.76. The minimum absolute atomic E-state index is 0.00319. The molecular formula is C68H58N4. The number of anilines is 2. The molecule has 0 fully saturated rings. The molecule has 0 amide bonds. The molecule has 4 heteroatoms. The van der Waals surface area contributed by atoms with Crippen molar-refractivity contribution in [3.8, 4) is 27.9 Å². The molecule has 72 heavy (non-hydrogen) atoms. The third-order valence-electron chi connectivity index (χ3n) is 15.9. The predicted octanol–water partition coefficient (Wildman–Crippen LogP) is 17.2. The Balaban J connectivity index is 0.839. The van der Waals surface area contributed by atoms with Crippen molar-refractivity contribution in [2.75, 3.05) is 11.9 Å². The zero-order chi connectivity index (χ0) is 48.2. The maximum atomic E-state index is 5.57. The average Bonchev–Trinajstić information content (AvgIpc) is 3.66. The van der Waals surface area contributed by atoms with Crippen LogP contribution in [0.4, 0.5) is 11.4 Å². The van der Waals surface area contributed by atoms with Gasteiger partial charge in [0.1, 0.15) is 6.17 Å². The SMILES string of the molecule is CN1C(c2ccccc2)=CCC(C2=CCCC=C2)=NC1C1=CC(c2cccc(-c3cccc(-n4c5ccccc5c5cc(-c6ccc7c(c6)C6C=CCCC6(C)N7c6ccccc6)ccc54)c3)c2)=CCC=C1. The number of para-hydroxylation sites is 2. The number of rotatable bonds is 8. The molecule has 0 saturated carbocycles. The quantitative estimate of drug-likeness (QED) is 0.142. The Morgan fingerprint density at radius 2 is 1.26 bits per heavy atom. The summed E-state index contributed by atoms with van der Waals surface area (Å²) in [5, 5.41) is 2.52. The molecule has 13 rings (SSSR count). The van der Waals surface area contributed by atoms with Crippen LogP contribution in [0.1, 0.15) is 68.1 Å². The topological polar surface area (TPSA) is 23.8 Å². The van der Waals surface area contributed by atoms with Crippen LogP contribution in [0, 0.1) is 0 Å². The van der Waals surface area contributed by atoms with Gasteiger partial charge in [0.25, 0.3) is 0 Å². The molecule has 0 N–H and O–H groups in total. The van der Waals surface area contributed by atoms with E-state index in [0.717, 1.165) is 49.9 Å². The first-order valence-corrected chi connectivity index (χ1v) is 25.9. The maximum Gasteiger partial charge on any atom is 0.147 e. The van der Waals surface area contributed by atoms with Crippen molar-refractivity contribution < 1.29 is 0 Å². The first kappa shape index (κ1) is 43.8. The number of aliphatic imine (C=N–C) groups is 1. The molecule has 0 bridgehead atoms. The van der Waals surface area contributed by atoms with E-state index in [2.05, 4.69) is 259 Å². The molecular weight excluding hydrogens is 873 g/mol. The summed E-state index contributed by atoms with van der Waals surface area (Å²) in [6.45, 7) is 2.45. The Hall–Kier alpha value is -8.21. The highest BCUT2D eigenvalue weighted by Gasteiger charge is 2.48. The van der Waals surface area contributed by atoms with E-state index in [0.29, 0.717) is 5.92 Å². The Bertz CT molecular complexity index is 3690. The minimum Gasteiger partial charge on any atom is -0.349 e. The van der Waals surface area contributed by atoms with Crippen LogP contribution in [0.2, 0.25) is 0 Å². The van der Waals surface area contributed by atoms with Crippen LogP contribution >= 0.6 is 0 Å². The van der Waals surface area contributed by atoms with E-state index in [1.165, 1.54) is 94.5 Å². The van der Waals surface area contributed by atoms with Gasteiger partial charge in [-0.3, -0.25) is 4.99 Å². The predicted molar refractivity (Wildman–Crippen MR) is 304 cm³/mol. The van der Waals surface area contributed by atoms with E-state index in [-0.39, 0.29) is 11.7 Å². The lowest BCUT2D eigenvalue weighted by Crippen LogP contribution is -2.44. The minimum atomic E-state index is -0.185. The molecule has 2 aliphatic heterocycles. The van der Waals surface area contributed by atoms with Gasteiger partial charge in [-0.15, -0.1) is 0 Å². The Morgan fingerprint density at radius 1 is 0.542 bits per heavy atom. The summed E-state index contributed by atoms with van der Waals surface area (Å²) in [4.78, 5) is 10.5. The van der Waals surface area contributed by atoms with Crippen LogP contribution < -0.4 is 4.90 Å². The lowest BCUT2D eigenvalue weighted by Gasteiger charge is -2.42. The number of benzene rings is 7. The summed E-state index contributed by atoms with van der Waals surface area (Å²) in [5.41, 5.74) is 20.8. The highest BCUT2D eigenvalue weighted by atomic mass is 15.2. The van der Waals surface area contributed by atoms with E-state index in [4.69, 9.17) is 4.99 Å². The molecule has 0 saturated heterocycles. The fraction of sp³-hybridized carbons (Fsp3) is 0.162. The molecule has 5 aliphatic rings. The van der Waals surface area contributed by atoms with Gasteiger partial charge < -0.3 is 14.4 Å². The van der Waals surface area contributed by atoms with Gasteiger partial charge >= 0.3 is 0 Å². The Morgan fingerprint density at radius 3 is 2.12 bits per heavy atom. The fourth-order valence-corrected chi connectivity index (χ4v) is 12.3. The first-order valence-electron chi connectivity index (χ1n) is 25.9. The number of nitrogens with zero attached hydrogens (tertiary/aromatic N) is 4. The summed E-state index contributed by atoms with van der Waals surface area (Å²) in [6, 6.07) is 63.0. The number of hydrogen-bond donors (Lipinski definition) is 0. The second-order valence-corrected chi connectivity index (χ2v) is 20.3. The molecule has 4 nitrogen and oxygen atoms in total. The number of fused-ring (bicyclic) bond motifs is 6. The first-order chi connectivity index (χ1) is 35.5. The molecule has 0 radical (unpaired) electrons. The standard InChI is InChI=1S/C68H58N4/c1-68-41-17-16-33-61(68)60-46-54(36-39-66(60)72(68)56-29-10-5-11-30-56)53-35-38-65-59(45-53)58-32-14-15-34-64(58)71(65)57-31-19-28-52(44-57)51-27-18-26-50(42-51)49-24-12-13-25-55(43-49)67-69-62(47-20-6-3-7-21-47)37-40-63(70(67)2)48-22-8-4-9-23-48/h4-6,8-11,13-16,18-36,38-40,42-46,61,67H,3,7,12,17,37,41H2,1-2H3. The molecule has 7 aromatic carbocycles. The van der Waals surface area contributed by atoms with Crippen LogP contribution in [-0.4, -0.2) is 33.9 Å². The van der Waals surface area contributed by atoms with Crippen molar-refractivity contribution >= 4 is 50.2 Å². The molecule has 3 aliphatic carbocycles. The van der Waals surface area contributed by atoms with Crippen LogP contribution in [0.5, 0.6) is 0 Å². The number of likely N-dealkylation sites (N-methyl/N-ethyl adjacent to an activating group) is 1. The molecule has 3 heterocycles. The molecule has 1 aromatic heterocycles. The smallest absolute Gasteiger partial charge is 0.147 e.